The lowest BCUT2D eigenvalue weighted by Crippen LogP contribution is -2.31. The summed E-state index contributed by atoms with van der Waals surface area (Å²) in [5.41, 5.74) is 0.667. The van der Waals surface area contributed by atoms with Crippen LogP contribution in [0.3, 0.4) is 0 Å². The van der Waals surface area contributed by atoms with Crippen molar-refractivity contribution in [1.29, 1.82) is 0 Å². The largest absolute Gasteiger partial charge is 0.539 e. The highest BCUT2D eigenvalue weighted by Crippen LogP contribution is 2.16. The minimum absolute atomic E-state index is 0. The number of benzene rings is 1. The van der Waals surface area contributed by atoms with Crippen molar-refractivity contribution < 1.29 is 19.0 Å². The normalized spacial score (nSPS) is 9.40. The molecule has 0 aliphatic rings. The van der Waals surface area contributed by atoms with Gasteiger partial charge in [0.2, 0.25) is 6.20 Å². The standard InChI is InChI=1S/C9H8N2O3.H3N/c1-13-8-5-3-2-4-7(8)11-6-9(12)14-10-11;/h2-6H,1H3;1H3. The first-order valence-electron chi connectivity index (χ1n) is 4.00. The van der Waals surface area contributed by atoms with Gasteiger partial charge in [0.25, 0.3) is 5.69 Å². The topological polar surface area (TPSA) is 97.2 Å². The molecule has 0 bridgehead atoms. The summed E-state index contributed by atoms with van der Waals surface area (Å²) in [7, 11) is 1.55. The van der Waals surface area contributed by atoms with Crippen LogP contribution in [0.25, 0.3) is 5.69 Å². The Morgan fingerprint density at radius 2 is 2.13 bits per heavy atom. The molecule has 0 saturated heterocycles. The number of para-hydroxylation sites is 2. The van der Waals surface area contributed by atoms with Gasteiger partial charge in [-0.1, -0.05) is 12.1 Å². The summed E-state index contributed by atoms with van der Waals surface area (Å²) < 4.78 is 10.9. The van der Waals surface area contributed by atoms with Crippen molar-refractivity contribution in [2.45, 2.75) is 0 Å². The van der Waals surface area contributed by atoms with Gasteiger partial charge in [0.1, 0.15) is 5.95 Å². The molecule has 1 heterocycles. The van der Waals surface area contributed by atoms with Crippen LogP contribution >= 0.6 is 0 Å². The molecule has 2 rings (SSSR count). The zero-order valence-electron chi connectivity index (χ0n) is 8.21. The Morgan fingerprint density at radius 3 is 2.73 bits per heavy atom. The monoisotopic (exact) mass is 209 g/mol. The van der Waals surface area contributed by atoms with E-state index in [2.05, 4.69) is 9.79 Å². The Balaban J connectivity index is 0.00000112. The number of rotatable bonds is 2. The molecule has 0 spiro atoms. The van der Waals surface area contributed by atoms with Crippen LogP contribution in [0.1, 0.15) is 0 Å². The number of hydrogen-bond acceptors (Lipinski definition) is 5. The highest BCUT2D eigenvalue weighted by Gasteiger charge is 2.14. The summed E-state index contributed by atoms with van der Waals surface area (Å²) in [5.74, 6) is 0.140. The lowest BCUT2D eigenvalue weighted by molar-refractivity contribution is -0.670. The minimum Gasteiger partial charge on any atom is -0.539 e. The van der Waals surface area contributed by atoms with Crippen molar-refractivity contribution in [1.82, 2.24) is 11.4 Å². The summed E-state index contributed by atoms with van der Waals surface area (Å²) in [5, 5.41) is 14.3. The third kappa shape index (κ3) is 2.05. The van der Waals surface area contributed by atoms with Gasteiger partial charge in [-0.15, -0.1) is 0 Å². The van der Waals surface area contributed by atoms with Crippen molar-refractivity contribution in [3.05, 3.63) is 30.5 Å². The molecule has 0 unspecified atom stereocenters. The molecule has 0 radical (unpaired) electrons. The maximum Gasteiger partial charge on any atom is 0.280 e. The lowest BCUT2D eigenvalue weighted by Gasteiger charge is -1.98. The Bertz CT molecular complexity index is 442. The van der Waals surface area contributed by atoms with E-state index in [0.717, 1.165) is 0 Å². The van der Waals surface area contributed by atoms with Gasteiger partial charge in [0, 0.05) is 6.07 Å². The smallest absolute Gasteiger partial charge is 0.280 e. The Morgan fingerprint density at radius 1 is 1.40 bits per heavy atom. The predicted molar refractivity (Wildman–Crippen MR) is 49.1 cm³/mol. The summed E-state index contributed by atoms with van der Waals surface area (Å²) in [6, 6.07) is 7.22. The van der Waals surface area contributed by atoms with E-state index in [0.29, 0.717) is 11.4 Å². The molecular weight excluding hydrogens is 198 g/mol. The number of hydrogen-bond donors (Lipinski definition) is 1. The Kier molecular flexibility index (Phi) is 3.25. The first-order chi connectivity index (χ1) is 6.81. The summed E-state index contributed by atoms with van der Waals surface area (Å²) in [6.07, 6.45) is 1.25. The minimum atomic E-state index is -0.490. The van der Waals surface area contributed by atoms with Crippen LogP contribution in [0.4, 0.5) is 0 Å². The molecule has 80 valence electrons. The number of methoxy groups -OCH3 is 1. The molecule has 1 aromatic heterocycles. The molecular formula is C9H11N3O3. The van der Waals surface area contributed by atoms with E-state index in [1.807, 2.05) is 12.1 Å². The van der Waals surface area contributed by atoms with Crippen LogP contribution in [0.5, 0.6) is 11.7 Å². The van der Waals surface area contributed by atoms with E-state index in [1.54, 1.807) is 19.2 Å². The van der Waals surface area contributed by atoms with Crippen molar-refractivity contribution in [3.8, 4) is 17.4 Å². The fourth-order valence-corrected chi connectivity index (χ4v) is 1.16. The van der Waals surface area contributed by atoms with Gasteiger partial charge in [0.05, 0.1) is 12.4 Å². The zero-order chi connectivity index (χ0) is 9.97. The molecule has 6 nitrogen and oxygen atoms in total. The molecule has 2 aromatic rings. The zero-order valence-corrected chi connectivity index (χ0v) is 8.21. The molecule has 0 saturated carbocycles. The predicted octanol–water partition coefficient (Wildman–Crippen LogP) is 0.195. The van der Waals surface area contributed by atoms with Crippen LogP contribution in [0.2, 0.25) is 0 Å². The Labute approximate surface area is 86.3 Å². The third-order valence-electron chi connectivity index (χ3n) is 1.78. The third-order valence-corrected chi connectivity index (χ3v) is 1.78. The average Bonchev–Trinajstić information content (AvgIpc) is 2.65. The van der Waals surface area contributed by atoms with Crippen LogP contribution in [-0.2, 0) is 0 Å². The fourth-order valence-electron chi connectivity index (χ4n) is 1.16. The molecule has 0 atom stereocenters. The molecule has 0 amide bonds. The maximum absolute atomic E-state index is 10.8. The van der Waals surface area contributed by atoms with Crippen molar-refractivity contribution >= 4 is 0 Å². The summed E-state index contributed by atoms with van der Waals surface area (Å²) in [6.45, 7) is 0. The highest BCUT2D eigenvalue weighted by atomic mass is 16.6. The first-order valence-corrected chi connectivity index (χ1v) is 4.00. The van der Waals surface area contributed by atoms with Crippen LogP contribution in [-0.4, -0.2) is 12.4 Å². The molecule has 0 fully saturated rings. The second kappa shape index (κ2) is 4.43. The van der Waals surface area contributed by atoms with E-state index in [9.17, 15) is 5.11 Å². The van der Waals surface area contributed by atoms with E-state index in [-0.39, 0.29) is 6.15 Å². The van der Waals surface area contributed by atoms with Gasteiger partial charge in [0.15, 0.2) is 5.75 Å². The number of aromatic nitrogens is 2. The van der Waals surface area contributed by atoms with Crippen molar-refractivity contribution in [3.63, 3.8) is 0 Å². The highest BCUT2D eigenvalue weighted by molar-refractivity contribution is 5.39. The van der Waals surface area contributed by atoms with Gasteiger partial charge in [-0.05, 0) is 10.7 Å². The van der Waals surface area contributed by atoms with E-state index < -0.39 is 5.95 Å². The average molecular weight is 209 g/mol. The van der Waals surface area contributed by atoms with Crippen LogP contribution in [0.15, 0.2) is 35.0 Å². The van der Waals surface area contributed by atoms with Gasteiger partial charge >= 0.3 is 0 Å². The molecule has 3 N–H and O–H groups in total. The van der Waals surface area contributed by atoms with E-state index in [4.69, 9.17) is 4.74 Å². The Hall–Kier alpha value is -2.08. The molecule has 0 aliphatic carbocycles. The van der Waals surface area contributed by atoms with Gasteiger partial charge in [-0.2, -0.15) is 0 Å². The fraction of sp³-hybridized carbons (Fsp3) is 0.111. The molecule has 15 heavy (non-hydrogen) atoms. The summed E-state index contributed by atoms with van der Waals surface area (Å²) in [4.78, 5) is 0. The lowest BCUT2D eigenvalue weighted by atomic mass is 10.3. The molecule has 1 aromatic carbocycles. The number of ether oxygens (including phenoxy) is 1. The van der Waals surface area contributed by atoms with Crippen LogP contribution in [0, 0.1) is 0 Å². The quantitative estimate of drug-likeness (QED) is 0.712. The maximum atomic E-state index is 10.8. The van der Waals surface area contributed by atoms with Crippen molar-refractivity contribution in [2.75, 3.05) is 7.11 Å². The van der Waals surface area contributed by atoms with Crippen molar-refractivity contribution in [2.24, 2.45) is 0 Å². The van der Waals surface area contributed by atoms with Gasteiger partial charge in [-0.3, -0.25) is 0 Å². The number of nitrogens with zero attached hydrogens (tertiary/aromatic N) is 2. The van der Waals surface area contributed by atoms with E-state index in [1.165, 1.54) is 10.9 Å². The first kappa shape index (κ1) is 11.0. The van der Waals surface area contributed by atoms with E-state index >= 15 is 0 Å². The second-order valence-electron chi connectivity index (χ2n) is 2.64. The van der Waals surface area contributed by atoms with Gasteiger partial charge < -0.3 is 20.5 Å². The van der Waals surface area contributed by atoms with Gasteiger partial charge in [-0.25, -0.2) is 0 Å². The summed E-state index contributed by atoms with van der Waals surface area (Å²) >= 11 is 0. The molecule has 6 heteroatoms. The SMILES string of the molecule is COc1ccccc1-[n+]1cc([O-])on1.N. The van der Waals surface area contributed by atoms with Crippen LogP contribution < -0.4 is 20.7 Å². The second-order valence-corrected chi connectivity index (χ2v) is 2.64. The molecule has 0 aliphatic heterocycles.